The number of nitrogens with one attached hydrogen (secondary N) is 2. The van der Waals surface area contributed by atoms with Gasteiger partial charge in [-0.2, -0.15) is 24.5 Å². The van der Waals surface area contributed by atoms with E-state index in [9.17, 15) is 22.7 Å². The number of carbonyl (C=O) groups is 1. The van der Waals surface area contributed by atoms with Gasteiger partial charge in [-0.25, -0.2) is 0 Å². The highest BCUT2D eigenvalue weighted by molar-refractivity contribution is 8.25. The summed E-state index contributed by atoms with van der Waals surface area (Å²) in [6.45, 7) is -1.01. The molecule has 2 aliphatic heterocycles. The molecule has 1 unspecified atom stereocenters. The van der Waals surface area contributed by atoms with E-state index in [2.05, 4.69) is 20.3 Å². The highest BCUT2D eigenvalue weighted by atomic mass is 32.3. The van der Waals surface area contributed by atoms with Gasteiger partial charge in [0, 0.05) is 12.0 Å². The van der Waals surface area contributed by atoms with Gasteiger partial charge in [-0.05, 0) is 19.1 Å². The van der Waals surface area contributed by atoms with E-state index in [4.69, 9.17) is 4.74 Å². The first-order valence-corrected chi connectivity index (χ1v) is 10.8. The molecule has 1 amide bonds. The van der Waals surface area contributed by atoms with Crippen molar-refractivity contribution in [3.05, 3.63) is 30.0 Å². The van der Waals surface area contributed by atoms with Crippen molar-refractivity contribution in [1.82, 2.24) is 15.5 Å². The smallest absolute Gasteiger partial charge is 0.387 e. The molecule has 4 N–H and O–H groups in total. The number of rotatable bonds is 5. The molecule has 2 aromatic rings. The van der Waals surface area contributed by atoms with Crippen molar-refractivity contribution in [2.45, 2.75) is 25.5 Å². The maximum atomic E-state index is 12.6. The molecular formula is C18H21F2N3O5S. The van der Waals surface area contributed by atoms with Crippen molar-refractivity contribution in [3.8, 4) is 22.8 Å². The third-order valence-electron chi connectivity index (χ3n) is 4.90. The van der Waals surface area contributed by atoms with Gasteiger partial charge < -0.3 is 14.8 Å². The van der Waals surface area contributed by atoms with Gasteiger partial charge in [-0.15, -0.1) is 0 Å². The van der Waals surface area contributed by atoms with Crippen LogP contribution < -0.4 is 14.8 Å². The second-order valence-electron chi connectivity index (χ2n) is 7.64. The maximum absolute atomic E-state index is 12.6. The van der Waals surface area contributed by atoms with Gasteiger partial charge in [-0.3, -0.25) is 19.0 Å². The molecule has 4 rings (SSSR count). The molecule has 29 heavy (non-hydrogen) atoms. The Morgan fingerprint density at radius 3 is 2.90 bits per heavy atom. The van der Waals surface area contributed by atoms with Crippen molar-refractivity contribution in [1.29, 1.82) is 0 Å². The van der Waals surface area contributed by atoms with Gasteiger partial charge in [0.1, 0.15) is 18.1 Å². The second kappa shape index (κ2) is 7.15. The van der Waals surface area contributed by atoms with Crippen molar-refractivity contribution in [3.63, 3.8) is 0 Å². The number of hydrogen-bond acceptors (Lipinski definition) is 6. The molecule has 158 valence electrons. The number of H-pyrrole nitrogens is 1. The van der Waals surface area contributed by atoms with E-state index in [1.54, 1.807) is 19.1 Å². The van der Waals surface area contributed by atoms with Crippen molar-refractivity contribution in [2.75, 3.05) is 18.1 Å². The van der Waals surface area contributed by atoms with Crippen LogP contribution in [-0.4, -0.2) is 55.5 Å². The Morgan fingerprint density at radius 1 is 1.45 bits per heavy atom. The highest BCUT2D eigenvalue weighted by Gasteiger charge is 2.46. The number of hydrogen-bond donors (Lipinski definition) is 4. The quantitative estimate of drug-likeness (QED) is 0.581. The van der Waals surface area contributed by atoms with Gasteiger partial charge in [0.05, 0.1) is 28.7 Å². The van der Waals surface area contributed by atoms with Crippen molar-refractivity contribution >= 4 is 16.5 Å². The minimum atomic E-state index is -2.92. The van der Waals surface area contributed by atoms with Crippen LogP contribution in [0, 0.1) is 5.92 Å². The van der Waals surface area contributed by atoms with Crippen LogP contribution in [0.25, 0.3) is 11.3 Å². The zero-order valence-electron chi connectivity index (χ0n) is 15.5. The number of halogens is 2. The van der Waals surface area contributed by atoms with E-state index >= 15 is 0 Å². The minimum Gasteiger partial charge on any atom is -0.488 e. The van der Waals surface area contributed by atoms with Crippen LogP contribution in [0.3, 0.4) is 0 Å². The first-order valence-electron chi connectivity index (χ1n) is 8.95. The molecule has 0 bridgehead atoms. The number of nitrogens with zero attached hydrogens (tertiary/aromatic N) is 1. The van der Waals surface area contributed by atoms with Crippen LogP contribution in [0.5, 0.6) is 11.5 Å². The van der Waals surface area contributed by atoms with E-state index < -0.39 is 28.7 Å². The summed E-state index contributed by atoms with van der Waals surface area (Å²) in [5.41, 5.74) is 1.02. The molecule has 0 aliphatic carbocycles. The number of fused-ring (bicyclic) bond motifs is 1. The van der Waals surface area contributed by atoms with Crippen LogP contribution in [0.2, 0.25) is 0 Å². The topological polar surface area (TPSA) is 117 Å². The Labute approximate surface area is 166 Å². The Morgan fingerprint density at radius 2 is 2.21 bits per heavy atom. The van der Waals surface area contributed by atoms with Crippen LogP contribution >= 0.6 is 10.6 Å². The third kappa shape index (κ3) is 4.16. The Bertz CT molecular complexity index is 928. The Kier molecular flexibility index (Phi) is 4.91. The number of benzene rings is 1. The number of aromatic nitrogens is 2. The molecule has 8 nitrogen and oxygen atoms in total. The number of carbonyl (C=O) groups excluding carboxylic acids is 1. The van der Waals surface area contributed by atoms with E-state index in [0.717, 1.165) is 0 Å². The van der Waals surface area contributed by atoms with Crippen molar-refractivity contribution in [2.24, 2.45) is 5.92 Å². The summed E-state index contributed by atoms with van der Waals surface area (Å²) >= 11 is 0. The minimum absolute atomic E-state index is 0.0158. The number of amides is 1. The van der Waals surface area contributed by atoms with Crippen LogP contribution in [-0.2, 0) is 11.2 Å². The molecule has 1 atom stereocenters. The molecule has 0 spiro atoms. The normalized spacial score (nSPS) is 22.8. The molecule has 1 aromatic carbocycles. The fourth-order valence-corrected chi connectivity index (χ4v) is 5.88. The van der Waals surface area contributed by atoms with Gasteiger partial charge >= 0.3 is 6.61 Å². The maximum Gasteiger partial charge on any atom is 0.387 e. The number of aromatic amines is 1. The molecule has 0 saturated carbocycles. The fraction of sp³-hybridized carbons (Fsp3) is 0.444. The van der Waals surface area contributed by atoms with E-state index in [-0.39, 0.29) is 29.8 Å². The highest BCUT2D eigenvalue weighted by Crippen LogP contribution is 2.54. The SMILES string of the molecule is CC1(NC(=O)C2COc3c(-c4cccc(OC(F)F)c4)n[nH]c3C2)CS(O)(O)C1. The van der Waals surface area contributed by atoms with Gasteiger partial charge in [0.2, 0.25) is 5.91 Å². The fourth-order valence-electron chi connectivity index (χ4n) is 3.78. The number of alkyl halides is 2. The lowest BCUT2D eigenvalue weighted by atomic mass is 9.97. The molecule has 1 aromatic heterocycles. The van der Waals surface area contributed by atoms with Gasteiger partial charge in [0.25, 0.3) is 0 Å². The summed E-state index contributed by atoms with van der Waals surface area (Å²) in [6.07, 6.45) is 0.369. The molecular weight excluding hydrogens is 408 g/mol. The zero-order valence-corrected chi connectivity index (χ0v) is 16.3. The molecule has 0 radical (unpaired) electrons. The Hall–Kier alpha value is -2.37. The van der Waals surface area contributed by atoms with Crippen LogP contribution in [0.1, 0.15) is 12.6 Å². The molecule has 1 saturated heterocycles. The average Bonchev–Trinajstić information content (AvgIpc) is 3.02. The van der Waals surface area contributed by atoms with Crippen LogP contribution in [0.4, 0.5) is 8.78 Å². The predicted octanol–water partition coefficient (Wildman–Crippen LogP) is 2.87. The average molecular weight is 429 g/mol. The van der Waals surface area contributed by atoms with Gasteiger partial charge in [-0.1, -0.05) is 12.1 Å². The summed E-state index contributed by atoms with van der Waals surface area (Å²) in [4.78, 5) is 12.6. The predicted molar refractivity (Wildman–Crippen MR) is 102 cm³/mol. The van der Waals surface area contributed by atoms with Gasteiger partial charge in [0.15, 0.2) is 5.75 Å². The Balaban J connectivity index is 1.46. The number of ether oxygens (including phenoxy) is 2. The first kappa shape index (κ1) is 19.9. The lowest BCUT2D eigenvalue weighted by Crippen LogP contribution is -2.62. The summed E-state index contributed by atoms with van der Waals surface area (Å²) < 4.78 is 54.2. The standard InChI is InChI=1S/C18H21F2N3O5S/c1-18(8-29(25,26)9-18)21-16(24)11-6-13-15(27-7-11)14(23-22-13)10-3-2-4-12(5-10)28-17(19)20/h2-5,11,17,25-26H,6-9H2,1H3,(H,21,24)(H,22,23). The summed E-state index contributed by atoms with van der Waals surface area (Å²) in [6, 6.07) is 6.15. The van der Waals surface area contributed by atoms with Crippen molar-refractivity contribution < 1.29 is 32.2 Å². The molecule has 1 fully saturated rings. The van der Waals surface area contributed by atoms with E-state index in [1.165, 1.54) is 12.1 Å². The third-order valence-corrected chi connectivity index (χ3v) is 7.10. The second-order valence-corrected chi connectivity index (χ2v) is 9.82. The summed E-state index contributed by atoms with van der Waals surface area (Å²) in [7, 11) is -2.57. The first-order chi connectivity index (χ1) is 13.6. The largest absolute Gasteiger partial charge is 0.488 e. The summed E-state index contributed by atoms with van der Waals surface area (Å²) in [5, 5.41) is 9.94. The van der Waals surface area contributed by atoms with E-state index in [1.807, 2.05) is 0 Å². The summed E-state index contributed by atoms with van der Waals surface area (Å²) in [5.74, 6) is 0.111. The molecule has 3 heterocycles. The van der Waals surface area contributed by atoms with Crippen LogP contribution in [0.15, 0.2) is 24.3 Å². The lowest BCUT2D eigenvalue weighted by molar-refractivity contribution is -0.127. The lowest BCUT2D eigenvalue weighted by Gasteiger charge is -2.54. The molecule has 11 heteroatoms. The zero-order chi connectivity index (χ0) is 20.8. The molecule has 2 aliphatic rings. The monoisotopic (exact) mass is 429 g/mol. The van der Waals surface area contributed by atoms with E-state index in [0.29, 0.717) is 29.1 Å².